The summed E-state index contributed by atoms with van der Waals surface area (Å²) in [6.45, 7) is 2.01. The van der Waals surface area contributed by atoms with Crippen LogP contribution in [0.5, 0.6) is 5.75 Å². The molecule has 2 rings (SSSR count). The maximum atomic E-state index is 12.3. The summed E-state index contributed by atoms with van der Waals surface area (Å²) in [6.07, 6.45) is 2.71. The minimum absolute atomic E-state index is 0.126. The van der Waals surface area contributed by atoms with Crippen LogP contribution in [-0.4, -0.2) is 26.0 Å². The summed E-state index contributed by atoms with van der Waals surface area (Å²) in [4.78, 5) is 12.3. The molecule has 1 saturated heterocycles. The molecule has 1 aliphatic rings. The first kappa shape index (κ1) is 13.4. The first-order valence-electron chi connectivity index (χ1n) is 6.28. The van der Waals surface area contributed by atoms with Crippen molar-refractivity contribution in [2.45, 2.75) is 19.3 Å². The highest BCUT2D eigenvalue weighted by atomic mass is 35.5. The van der Waals surface area contributed by atoms with Gasteiger partial charge in [-0.25, -0.2) is 0 Å². The van der Waals surface area contributed by atoms with Gasteiger partial charge in [0.05, 0.1) is 12.7 Å². The van der Waals surface area contributed by atoms with Crippen molar-refractivity contribution >= 4 is 17.4 Å². The van der Waals surface area contributed by atoms with Crippen LogP contribution in [0, 0.1) is 5.92 Å². The van der Waals surface area contributed by atoms with Crippen molar-refractivity contribution in [1.82, 2.24) is 5.32 Å². The molecule has 0 amide bonds. The summed E-state index contributed by atoms with van der Waals surface area (Å²) in [5.74, 6) is 1.21. The number of Topliss-reactive ketones (excluding diaryl/α,β-unsaturated/α-hetero) is 1. The molecule has 0 radical (unpaired) electrons. The number of piperidine rings is 1. The molecular formula is C14H18ClNO2. The van der Waals surface area contributed by atoms with E-state index in [1.807, 2.05) is 0 Å². The predicted molar refractivity (Wildman–Crippen MR) is 72.5 cm³/mol. The number of hydrogen-bond acceptors (Lipinski definition) is 3. The summed E-state index contributed by atoms with van der Waals surface area (Å²) in [6, 6.07) is 5.18. The number of rotatable bonds is 4. The molecule has 1 aromatic rings. The van der Waals surface area contributed by atoms with Crippen molar-refractivity contribution in [3.8, 4) is 5.75 Å². The zero-order valence-corrected chi connectivity index (χ0v) is 11.3. The minimum Gasteiger partial charge on any atom is -0.496 e. The van der Waals surface area contributed by atoms with Crippen LogP contribution in [0.4, 0.5) is 0 Å². The summed E-state index contributed by atoms with van der Waals surface area (Å²) < 4.78 is 5.22. The average Bonchev–Trinajstić information content (AvgIpc) is 2.40. The topological polar surface area (TPSA) is 38.3 Å². The van der Waals surface area contributed by atoms with Gasteiger partial charge in [0, 0.05) is 11.4 Å². The number of benzene rings is 1. The highest BCUT2D eigenvalue weighted by molar-refractivity contribution is 6.31. The summed E-state index contributed by atoms with van der Waals surface area (Å²) in [5, 5.41) is 3.88. The quantitative estimate of drug-likeness (QED) is 0.853. The maximum Gasteiger partial charge on any atom is 0.166 e. The van der Waals surface area contributed by atoms with E-state index in [-0.39, 0.29) is 5.78 Å². The third-order valence-electron chi connectivity index (χ3n) is 3.39. The molecule has 1 heterocycles. The smallest absolute Gasteiger partial charge is 0.166 e. The maximum absolute atomic E-state index is 12.3. The van der Waals surface area contributed by atoms with Crippen LogP contribution in [0.1, 0.15) is 29.6 Å². The van der Waals surface area contributed by atoms with E-state index in [1.54, 1.807) is 25.3 Å². The fourth-order valence-corrected chi connectivity index (χ4v) is 2.53. The van der Waals surface area contributed by atoms with E-state index in [0.29, 0.717) is 28.7 Å². The van der Waals surface area contributed by atoms with E-state index < -0.39 is 0 Å². The van der Waals surface area contributed by atoms with Gasteiger partial charge in [-0.1, -0.05) is 11.6 Å². The third-order valence-corrected chi connectivity index (χ3v) is 3.63. The number of carbonyl (C=O) groups excluding carboxylic acids is 1. The lowest BCUT2D eigenvalue weighted by Crippen LogP contribution is -2.29. The van der Waals surface area contributed by atoms with E-state index in [9.17, 15) is 4.79 Å². The first-order chi connectivity index (χ1) is 8.70. The Hall–Kier alpha value is -1.06. The Morgan fingerprint density at radius 2 is 2.17 bits per heavy atom. The Balaban J connectivity index is 2.09. The first-order valence-corrected chi connectivity index (χ1v) is 6.66. The van der Waals surface area contributed by atoms with Gasteiger partial charge in [-0.2, -0.15) is 0 Å². The second-order valence-corrected chi connectivity index (χ2v) is 5.10. The van der Waals surface area contributed by atoms with Crippen molar-refractivity contribution in [3.05, 3.63) is 28.8 Å². The molecule has 0 spiro atoms. The molecule has 0 atom stereocenters. The molecule has 1 fully saturated rings. The molecule has 0 aromatic heterocycles. The second-order valence-electron chi connectivity index (χ2n) is 4.67. The Bertz CT molecular complexity index is 428. The fourth-order valence-electron chi connectivity index (χ4n) is 2.36. The van der Waals surface area contributed by atoms with E-state index in [2.05, 4.69) is 5.32 Å². The predicted octanol–water partition coefficient (Wildman–Crippen LogP) is 2.92. The largest absolute Gasteiger partial charge is 0.496 e. The molecule has 4 heteroatoms. The van der Waals surface area contributed by atoms with Crippen LogP contribution in [-0.2, 0) is 0 Å². The lowest BCUT2D eigenvalue weighted by atomic mass is 9.90. The van der Waals surface area contributed by atoms with Gasteiger partial charge in [-0.3, -0.25) is 4.79 Å². The normalized spacial score (nSPS) is 16.6. The van der Waals surface area contributed by atoms with Gasteiger partial charge in [0.2, 0.25) is 0 Å². The number of ketones is 1. The van der Waals surface area contributed by atoms with E-state index in [0.717, 1.165) is 25.9 Å². The van der Waals surface area contributed by atoms with Crippen LogP contribution >= 0.6 is 11.6 Å². The lowest BCUT2D eigenvalue weighted by Gasteiger charge is -2.22. The molecule has 18 heavy (non-hydrogen) atoms. The molecule has 98 valence electrons. The monoisotopic (exact) mass is 267 g/mol. The Morgan fingerprint density at radius 3 is 2.83 bits per heavy atom. The van der Waals surface area contributed by atoms with Gasteiger partial charge in [0.1, 0.15) is 5.75 Å². The lowest BCUT2D eigenvalue weighted by molar-refractivity contribution is 0.0949. The van der Waals surface area contributed by atoms with Crippen molar-refractivity contribution < 1.29 is 9.53 Å². The highest BCUT2D eigenvalue weighted by Gasteiger charge is 2.20. The molecule has 1 aliphatic heterocycles. The number of ether oxygens (including phenoxy) is 1. The summed E-state index contributed by atoms with van der Waals surface area (Å²) in [7, 11) is 1.57. The fraction of sp³-hybridized carbons (Fsp3) is 0.500. The molecule has 1 aromatic carbocycles. The molecule has 0 aliphatic carbocycles. The molecule has 0 unspecified atom stereocenters. The average molecular weight is 268 g/mol. The number of methoxy groups -OCH3 is 1. The number of carbonyl (C=O) groups is 1. The van der Waals surface area contributed by atoms with Crippen LogP contribution in [0.3, 0.4) is 0 Å². The molecular weight excluding hydrogens is 250 g/mol. The zero-order valence-electron chi connectivity index (χ0n) is 10.5. The van der Waals surface area contributed by atoms with Crippen LogP contribution in [0.25, 0.3) is 0 Å². The second kappa shape index (κ2) is 6.21. The molecule has 0 saturated carbocycles. The zero-order chi connectivity index (χ0) is 13.0. The van der Waals surface area contributed by atoms with Crippen molar-refractivity contribution in [3.63, 3.8) is 0 Å². The Morgan fingerprint density at radius 1 is 1.44 bits per heavy atom. The molecule has 3 nitrogen and oxygen atoms in total. The van der Waals surface area contributed by atoms with Gasteiger partial charge in [-0.15, -0.1) is 0 Å². The van der Waals surface area contributed by atoms with E-state index >= 15 is 0 Å². The van der Waals surface area contributed by atoms with E-state index in [4.69, 9.17) is 16.3 Å². The highest BCUT2D eigenvalue weighted by Crippen LogP contribution is 2.26. The third kappa shape index (κ3) is 3.24. The standard InChI is InChI=1S/C14H18ClNO2/c1-18-14-3-2-11(15)9-12(14)13(17)8-10-4-6-16-7-5-10/h2-3,9-10,16H,4-8H2,1H3. The van der Waals surface area contributed by atoms with Gasteiger partial charge in [0.15, 0.2) is 5.78 Å². The van der Waals surface area contributed by atoms with Crippen molar-refractivity contribution in [2.24, 2.45) is 5.92 Å². The van der Waals surface area contributed by atoms with Crippen molar-refractivity contribution in [1.29, 1.82) is 0 Å². The summed E-state index contributed by atoms with van der Waals surface area (Å²) in [5.41, 5.74) is 0.600. The van der Waals surface area contributed by atoms with Crippen LogP contribution in [0.15, 0.2) is 18.2 Å². The number of nitrogens with one attached hydrogen (secondary N) is 1. The SMILES string of the molecule is COc1ccc(Cl)cc1C(=O)CC1CCNCC1. The van der Waals surface area contributed by atoms with Gasteiger partial charge in [0.25, 0.3) is 0 Å². The number of halogens is 1. The van der Waals surface area contributed by atoms with Crippen LogP contribution < -0.4 is 10.1 Å². The van der Waals surface area contributed by atoms with Crippen molar-refractivity contribution in [2.75, 3.05) is 20.2 Å². The van der Waals surface area contributed by atoms with E-state index in [1.165, 1.54) is 0 Å². The molecule has 0 bridgehead atoms. The number of hydrogen-bond donors (Lipinski definition) is 1. The summed E-state index contributed by atoms with van der Waals surface area (Å²) >= 11 is 5.94. The Kier molecular flexibility index (Phi) is 4.61. The van der Waals surface area contributed by atoms with Crippen LogP contribution in [0.2, 0.25) is 5.02 Å². The van der Waals surface area contributed by atoms with Gasteiger partial charge >= 0.3 is 0 Å². The minimum atomic E-state index is 0.126. The molecule has 1 N–H and O–H groups in total. The van der Waals surface area contributed by atoms with Gasteiger partial charge in [-0.05, 0) is 50.0 Å². The Labute approximate surface area is 112 Å². The van der Waals surface area contributed by atoms with Gasteiger partial charge < -0.3 is 10.1 Å².